The van der Waals surface area contributed by atoms with Crippen molar-refractivity contribution in [1.29, 1.82) is 5.26 Å². The maximum Gasteiger partial charge on any atom is 0.190 e. The predicted octanol–water partition coefficient (Wildman–Crippen LogP) is 4.49. The highest BCUT2D eigenvalue weighted by Gasteiger charge is 2.25. The Hall–Kier alpha value is -2.26. The molecule has 1 aliphatic carbocycles. The first-order chi connectivity index (χ1) is 12.2. The zero-order chi connectivity index (χ0) is 17.6. The molecule has 0 atom stereocenters. The topological polar surface area (TPSA) is 70.8 Å². The Bertz CT molecular complexity index is 766. The molecular weight excluding hydrogens is 332 g/mol. The summed E-state index contributed by atoms with van der Waals surface area (Å²) in [7, 11) is 1.64. The molecule has 0 spiro atoms. The van der Waals surface area contributed by atoms with Crippen molar-refractivity contribution in [1.82, 2.24) is 9.97 Å². The molecule has 0 radical (unpaired) electrons. The SMILES string of the molecule is CCCCSc1nc(NC2CC2)c(C#N)c(-c2ccc(OC)cc2)n1. The van der Waals surface area contributed by atoms with E-state index < -0.39 is 0 Å². The molecule has 25 heavy (non-hydrogen) atoms. The van der Waals surface area contributed by atoms with E-state index in [4.69, 9.17) is 4.74 Å². The third kappa shape index (κ3) is 4.43. The smallest absolute Gasteiger partial charge is 0.190 e. The summed E-state index contributed by atoms with van der Waals surface area (Å²) in [4.78, 5) is 9.29. The van der Waals surface area contributed by atoms with Crippen LogP contribution < -0.4 is 10.1 Å². The van der Waals surface area contributed by atoms with Crippen LogP contribution in [-0.4, -0.2) is 28.9 Å². The van der Waals surface area contributed by atoms with Crippen LogP contribution in [0.4, 0.5) is 5.82 Å². The number of hydrogen-bond acceptors (Lipinski definition) is 6. The molecule has 0 amide bonds. The van der Waals surface area contributed by atoms with Gasteiger partial charge in [0.25, 0.3) is 0 Å². The second-order valence-electron chi connectivity index (χ2n) is 6.04. The van der Waals surface area contributed by atoms with Gasteiger partial charge >= 0.3 is 0 Å². The minimum atomic E-state index is 0.430. The molecule has 6 heteroatoms. The molecule has 0 aliphatic heterocycles. The third-order valence-electron chi connectivity index (χ3n) is 4.01. The summed E-state index contributed by atoms with van der Waals surface area (Å²) in [6.07, 6.45) is 4.52. The zero-order valence-corrected chi connectivity index (χ0v) is 15.4. The first kappa shape index (κ1) is 17.6. The van der Waals surface area contributed by atoms with E-state index >= 15 is 0 Å². The first-order valence-corrected chi connectivity index (χ1v) is 9.59. The summed E-state index contributed by atoms with van der Waals surface area (Å²) in [5.41, 5.74) is 2.09. The Kier molecular flexibility index (Phi) is 5.77. The maximum atomic E-state index is 9.70. The predicted molar refractivity (Wildman–Crippen MR) is 101 cm³/mol. The number of anilines is 1. The molecule has 1 aliphatic rings. The molecule has 1 aromatic heterocycles. The number of ether oxygens (including phenoxy) is 1. The van der Waals surface area contributed by atoms with Crippen LogP contribution in [0.3, 0.4) is 0 Å². The number of rotatable bonds is 8. The number of nitrogens with zero attached hydrogens (tertiary/aromatic N) is 3. The Morgan fingerprint density at radius 3 is 2.64 bits per heavy atom. The van der Waals surface area contributed by atoms with Crippen molar-refractivity contribution in [3.63, 3.8) is 0 Å². The summed E-state index contributed by atoms with van der Waals surface area (Å²) in [6.45, 7) is 2.17. The van der Waals surface area contributed by atoms with Crippen LogP contribution in [-0.2, 0) is 0 Å². The highest BCUT2D eigenvalue weighted by molar-refractivity contribution is 7.99. The van der Waals surface area contributed by atoms with Crippen LogP contribution in [0.2, 0.25) is 0 Å². The van der Waals surface area contributed by atoms with E-state index in [1.807, 2.05) is 24.3 Å². The van der Waals surface area contributed by atoms with E-state index in [1.165, 1.54) is 0 Å². The van der Waals surface area contributed by atoms with Gasteiger partial charge in [0.1, 0.15) is 23.2 Å². The normalized spacial score (nSPS) is 13.3. The molecule has 5 nitrogen and oxygen atoms in total. The summed E-state index contributed by atoms with van der Waals surface area (Å²) in [5, 5.41) is 13.8. The van der Waals surface area contributed by atoms with Gasteiger partial charge in [-0.1, -0.05) is 25.1 Å². The Balaban J connectivity index is 1.99. The van der Waals surface area contributed by atoms with Crippen LogP contribution in [0.5, 0.6) is 5.75 Å². The van der Waals surface area contributed by atoms with E-state index in [-0.39, 0.29) is 0 Å². The molecule has 1 heterocycles. The van der Waals surface area contributed by atoms with Crippen molar-refractivity contribution in [3.05, 3.63) is 29.8 Å². The lowest BCUT2D eigenvalue weighted by molar-refractivity contribution is 0.415. The van der Waals surface area contributed by atoms with Gasteiger partial charge in [0.05, 0.1) is 12.8 Å². The maximum absolute atomic E-state index is 9.70. The minimum absolute atomic E-state index is 0.430. The molecular formula is C19H22N4OS. The average Bonchev–Trinajstić information content (AvgIpc) is 3.46. The van der Waals surface area contributed by atoms with Crippen molar-refractivity contribution in [3.8, 4) is 23.1 Å². The number of thioether (sulfide) groups is 1. The van der Waals surface area contributed by atoms with Gasteiger partial charge in [-0.05, 0) is 43.5 Å². The van der Waals surface area contributed by atoms with Crippen LogP contribution in [0.15, 0.2) is 29.4 Å². The van der Waals surface area contributed by atoms with Gasteiger partial charge < -0.3 is 10.1 Å². The summed E-state index contributed by atoms with van der Waals surface area (Å²) >= 11 is 1.65. The molecule has 2 aromatic rings. The van der Waals surface area contributed by atoms with Crippen LogP contribution in [0, 0.1) is 11.3 Å². The van der Waals surface area contributed by atoms with Crippen LogP contribution >= 0.6 is 11.8 Å². The summed E-state index contributed by atoms with van der Waals surface area (Å²) in [5.74, 6) is 2.42. The second-order valence-corrected chi connectivity index (χ2v) is 7.10. The number of aromatic nitrogens is 2. The fourth-order valence-corrected chi connectivity index (χ4v) is 3.33. The molecule has 0 saturated heterocycles. The molecule has 1 saturated carbocycles. The standard InChI is InChI=1S/C19H22N4OS/c1-3-4-11-25-19-22-17(13-5-9-15(24-2)10-6-13)16(12-20)18(23-19)21-14-7-8-14/h5-6,9-10,14H,3-4,7-8,11H2,1-2H3,(H,21,22,23). The quantitative estimate of drug-likeness (QED) is 0.428. The second kappa shape index (κ2) is 8.21. The summed E-state index contributed by atoms with van der Waals surface area (Å²) < 4.78 is 5.22. The van der Waals surface area contributed by atoms with Gasteiger partial charge in [-0.15, -0.1) is 0 Å². The van der Waals surface area contributed by atoms with E-state index in [9.17, 15) is 5.26 Å². The van der Waals surface area contributed by atoms with E-state index in [0.717, 1.165) is 47.9 Å². The number of nitriles is 1. The average molecular weight is 354 g/mol. The lowest BCUT2D eigenvalue weighted by Gasteiger charge is -2.12. The lowest BCUT2D eigenvalue weighted by atomic mass is 10.1. The minimum Gasteiger partial charge on any atom is -0.497 e. The van der Waals surface area contributed by atoms with Gasteiger partial charge in [-0.2, -0.15) is 5.26 Å². The van der Waals surface area contributed by atoms with Crippen molar-refractivity contribution in [2.45, 2.75) is 43.8 Å². The molecule has 1 N–H and O–H groups in total. The number of methoxy groups -OCH3 is 1. The van der Waals surface area contributed by atoms with Crippen LogP contribution in [0.1, 0.15) is 38.2 Å². The van der Waals surface area contributed by atoms with Gasteiger partial charge in [-0.3, -0.25) is 0 Å². The van der Waals surface area contributed by atoms with Crippen molar-refractivity contribution >= 4 is 17.6 Å². The molecule has 3 rings (SSSR count). The third-order valence-corrected chi connectivity index (χ3v) is 4.94. The van der Waals surface area contributed by atoms with E-state index in [1.54, 1.807) is 18.9 Å². The Morgan fingerprint density at radius 1 is 1.28 bits per heavy atom. The van der Waals surface area contributed by atoms with E-state index in [2.05, 4.69) is 28.3 Å². The Labute approximate surface area is 152 Å². The number of hydrogen-bond donors (Lipinski definition) is 1. The van der Waals surface area contributed by atoms with Crippen molar-refractivity contribution in [2.24, 2.45) is 0 Å². The van der Waals surface area contributed by atoms with Crippen molar-refractivity contribution < 1.29 is 4.74 Å². The van der Waals surface area contributed by atoms with Gasteiger partial charge in [0, 0.05) is 17.4 Å². The van der Waals surface area contributed by atoms with Crippen LogP contribution in [0.25, 0.3) is 11.3 Å². The number of benzene rings is 1. The zero-order valence-electron chi connectivity index (χ0n) is 14.6. The summed E-state index contributed by atoms with van der Waals surface area (Å²) in [6, 6.07) is 10.4. The fraction of sp³-hybridized carbons (Fsp3) is 0.421. The monoisotopic (exact) mass is 354 g/mol. The first-order valence-electron chi connectivity index (χ1n) is 8.61. The number of unbranched alkanes of at least 4 members (excludes halogenated alkanes) is 1. The van der Waals surface area contributed by atoms with E-state index in [0.29, 0.717) is 23.1 Å². The molecule has 0 unspecified atom stereocenters. The van der Waals surface area contributed by atoms with Gasteiger partial charge in [-0.25, -0.2) is 9.97 Å². The lowest BCUT2D eigenvalue weighted by Crippen LogP contribution is -2.08. The van der Waals surface area contributed by atoms with Crippen molar-refractivity contribution in [2.75, 3.05) is 18.2 Å². The van der Waals surface area contributed by atoms with Gasteiger partial charge in [0.15, 0.2) is 5.16 Å². The molecule has 1 aromatic carbocycles. The Morgan fingerprint density at radius 2 is 2.04 bits per heavy atom. The largest absolute Gasteiger partial charge is 0.497 e. The highest BCUT2D eigenvalue weighted by Crippen LogP contribution is 2.33. The molecule has 130 valence electrons. The number of nitrogens with one attached hydrogen (secondary N) is 1. The highest BCUT2D eigenvalue weighted by atomic mass is 32.2. The van der Waals surface area contributed by atoms with Gasteiger partial charge in [0.2, 0.25) is 0 Å². The molecule has 1 fully saturated rings. The fourth-order valence-electron chi connectivity index (χ4n) is 2.40. The molecule has 0 bridgehead atoms.